The molecule has 0 aromatic carbocycles. The van der Waals surface area contributed by atoms with E-state index in [-0.39, 0.29) is 6.04 Å². The normalized spacial score (nSPS) is 13.4. The molecule has 0 saturated carbocycles. The van der Waals surface area contributed by atoms with Crippen LogP contribution in [0.3, 0.4) is 0 Å². The Bertz CT molecular complexity index is 1190. The van der Waals surface area contributed by atoms with E-state index in [4.69, 9.17) is 5.26 Å². The molecule has 1 aliphatic rings. The molecule has 10 heteroatoms. The van der Waals surface area contributed by atoms with Crippen LogP contribution >= 0.6 is 0 Å². The van der Waals surface area contributed by atoms with E-state index in [2.05, 4.69) is 61.0 Å². The fourth-order valence-electron chi connectivity index (χ4n) is 3.48. The molecule has 1 aliphatic heterocycles. The van der Waals surface area contributed by atoms with Gasteiger partial charge in [0.1, 0.15) is 11.8 Å². The molecule has 4 aromatic rings. The van der Waals surface area contributed by atoms with Crippen molar-refractivity contribution in [3.63, 3.8) is 0 Å². The summed E-state index contributed by atoms with van der Waals surface area (Å²) in [6, 6.07) is 5.96. The highest BCUT2D eigenvalue weighted by molar-refractivity contribution is 5.79. The summed E-state index contributed by atoms with van der Waals surface area (Å²) in [6.45, 7) is 6.61. The second kappa shape index (κ2) is 9.98. The first-order valence-electron chi connectivity index (χ1n) is 10.7. The summed E-state index contributed by atoms with van der Waals surface area (Å²) in [6.07, 6.45) is 10.8. The largest absolute Gasteiger partial charge is 0.382 e. The van der Waals surface area contributed by atoms with Crippen LogP contribution in [-0.4, -0.2) is 54.3 Å². The summed E-state index contributed by atoms with van der Waals surface area (Å²) in [7, 11) is 0. The minimum Gasteiger partial charge on any atom is -0.382 e. The van der Waals surface area contributed by atoms with Crippen molar-refractivity contribution in [3.05, 3.63) is 42.5 Å². The maximum atomic E-state index is 9.01. The van der Waals surface area contributed by atoms with Gasteiger partial charge in [-0.1, -0.05) is 6.42 Å². The highest BCUT2D eigenvalue weighted by atomic mass is 15.3. The molecular formula is C22H26N10. The molecule has 3 N–H and O–H groups in total. The van der Waals surface area contributed by atoms with E-state index < -0.39 is 0 Å². The Morgan fingerprint density at radius 3 is 2.53 bits per heavy atom. The van der Waals surface area contributed by atoms with Gasteiger partial charge in [0.2, 0.25) is 0 Å². The highest BCUT2D eigenvalue weighted by Gasteiger charge is 2.14. The molecular weight excluding hydrogens is 404 g/mol. The monoisotopic (exact) mass is 430 g/mol. The van der Waals surface area contributed by atoms with Crippen LogP contribution in [0.1, 0.15) is 38.7 Å². The van der Waals surface area contributed by atoms with E-state index in [9.17, 15) is 0 Å². The quantitative estimate of drug-likeness (QED) is 0.450. The minimum atomic E-state index is 0.224. The van der Waals surface area contributed by atoms with E-state index in [1.807, 2.05) is 6.07 Å². The van der Waals surface area contributed by atoms with Crippen LogP contribution in [0.2, 0.25) is 0 Å². The molecule has 164 valence electrons. The lowest BCUT2D eigenvalue weighted by atomic mass is 10.1. The molecule has 0 spiro atoms. The number of anilines is 1. The Morgan fingerprint density at radius 1 is 1.06 bits per heavy atom. The van der Waals surface area contributed by atoms with E-state index in [0.29, 0.717) is 22.7 Å². The number of nitriles is 1. The molecule has 4 aromatic heterocycles. The van der Waals surface area contributed by atoms with Crippen molar-refractivity contribution in [1.82, 2.24) is 40.5 Å². The number of hydrogen-bond donors (Lipinski definition) is 3. The maximum Gasteiger partial charge on any atom is 0.164 e. The Labute approximate surface area is 186 Å². The number of nitrogens with zero attached hydrogens (tertiary/aromatic N) is 7. The number of H-pyrrole nitrogens is 1. The number of rotatable bonds is 4. The molecule has 0 amide bonds. The lowest BCUT2D eigenvalue weighted by Gasteiger charge is -2.14. The summed E-state index contributed by atoms with van der Waals surface area (Å²) in [5, 5.41) is 31.5. The van der Waals surface area contributed by atoms with Gasteiger partial charge in [-0.3, -0.25) is 0 Å². The fourth-order valence-corrected chi connectivity index (χ4v) is 3.48. The maximum absolute atomic E-state index is 9.01. The van der Waals surface area contributed by atoms with Crippen LogP contribution in [0.4, 0.5) is 5.69 Å². The summed E-state index contributed by atoms with van der Waals surface area (Å²) < 4.78 is 1.65. The molecule has 1 fully saturated rings. The van der Waals surface area contributed by atoms with Crippen molar-refractivity contribution in [3.8, 4) is 23.1 Å². The molecule has 5 heterocycles. The molecule has 0 atom stereocenters. The van der Waals surface area contributed by atoms with Crippen molar-refractivity contribution in [2.45, 2.75) is 39.2 Å². The number of nitrogens with one attached hydrogen (secondary N) is 3. The fraction of sp³-hybridized carbons (Fsp3) is 0.364. The van der Waals surface area contributed by atoms with Gasteiger partial charge in [-0.05, 0) is 45.8 Å². The van der Waals surface area contributed by atoms with Gasteiger partial charge in [0.25, 0.3) is 0 Å². The third-order valence-electron chi connectivity index (χ3n) is 4.99. The van der Waals surface area contributed by atoms with Crippen LogP contribution in [-0.2, 0) is 0 Å². The van der Waals surface area contributed by atoms with Crippen molar-refractivity contribution in [2.75, 3.05) is 18.4 Å². The SMILES string of the molecule is C1CCNCC1.CC(C)Nc1cc(-n2ncc3cc(C#N)cnc32)ncc1-c1cn[nH]n1. The van der Waals surface area contributed by atoms with Gasteiger partial charge in [-0.25, -0.2) is 9.97 Å². The average Bonchev–Trinajstić information content (AvgIpc) is 3.50. The molecule has 5 rings (SSSR count). The number of fused-ring (bicyclic) bond motifs is 1. The first-order chi connectivity index (χ1) is 15.7. The minimum absolute atomic E-state index is 0.224. The van der Waals surface area contributed by atoms with Crippen LogP contribution in [0.5, 0.6) is 0 Å². The standard InChI is InChI=1S/C17H15N9.C5H11N/c1-10(2)23-14-4-16(19-8-13(14)15-9-21-25-24-15)26-17-12(7-22-26)3-11(5-18)6-20-17;1-2-4-6-5-3-1/h3-4,6-10H,1-2H3,(H,19,23)(H,21,24,25);6H,1-5H2. The number of aromatic nitrogens is 7. The summed E-state index contributed by atoms with van der Waals surface area (Å²) in [5.74, 6) is 0.618. The second-order valence-electron chi connectivity index (χ2n) is 7.86. The predicted molar refractivity (Wildman–Crippen MR) is 122 cm³/mol. The van der Waals surface area contributed by atoms with Crippen LogP contribution < -0.4 is 10.6 Å². The summed E-state index contributed by atoms with van der Waals surface area (Å²) in [4.78, 5) is 8.85. The average molecular weight is 431 g/mol. The third-order valence-corrected chi connectivity index (χ3v) is 4.99. The van der Waals surface area contributed by atoms with Gasteiger partial charge in [0.05, 0.1) is 18.0 Å². The van der Waals surface area contributed by atoms with Gasteiger partial charge < -0.3 is 10.6 Å². The van der Waals surface area contributed by atoms with Crippen LogP contribution in [0, 0.1) is 11.3 Å². The van der Waals surface area contributed by atoms with E-state index >= 15 is 0 Å². The molecule has 0 bridgehead atoms. The Hall–Kier alpha value is -3.84. The van der Waals surface area contributed by atoms with E-state index in [1.54, 1.807) is 29.3 Å². The number of pyridine rings is 2. The molecule has 10 nitrogen and oxygen atoms in total. The van der Waals surface area contributed by atoms with Crippen molar-refractivity contribution in [1.29, 1.82) is 5.26 Å². The van der Waals surface area contributed by atoms with Gasteiger partial charge in [-0.2, -0.15) is 30.5 Å². The molecule has 32 heavy (non-hydrogen) atoms. The highest BCUT2D eigenvalue weighted by Crippen LogP contribution is 2.28. The van der Waals surface area contributed by atoms with E-state index in [0.717, 1.165) is 16.6 Å². The van der Waals surface area contributed by atoms with Crippen LogP contribution in [0.25, 0.3) is 28.1 Å². The van der Waals surface area contributed by atoms with Gasteiger partial charge >= 0.3 is 0 Å². The smallest absolute Gasteiger partial charge is 0.164 e. The first kappa shape index (κ1) is 21.4. The molecule has 0 unspecified atom stereocenters. The van der Waals surface area contributed by atoms with Crippen molar-refractivity contribution >= 4 is 16.7 Å². The van der Waals surface area contributed by atoms with Crippen molar-refractivity contribution in [2.24, 2.45) is 0 Å². The zero-order chi connectivity index (χ0) is 22.3. The Balaban J connectivity index is 0.000000354. The number of hydrogen-bond acceptors (Lipinski definition) is 8. The van der Waals surface area contributed by atoms with Gasteiger partial charge in [-0.15, -0.1) is 0 Å². The van der Waals surface area contributed by atoms with Gasteiger partial charge in [0.15, 0.2) is 11.5 Å². The van der Waals surface area contributed by atoms with Crippen molar-refractivity contribution < 1.29 is 0 Å². The Morgan fingerprint density at radius 2 is 1.91 bits per heavy atom. The third kappa shape index (κ3) is 4.90. The lowest BCUT2D eigenvalue weighted by Crippen LogP contribution is -2.21. The topological polar surface area (TPSA) is 133 Å². The summed E-state index contributed by atoms with van der Waals surface area (Å²) >= 11 is 0. The van der Waals surface area contributed by atoms with E-state index in [1.165, 1.54) is 38.5 Å². The first-order valence-corrected chi connectivity index (χ1v) is 10.7. The number of piperidine rings is 1. The Kier molecular flexibility index (Phi) is 6.67. The van der Waals surface area contributed by atoms with Gasteiger partial charge in [0, 0.05) is 41.1 Å². The summed E-state index contributed by atoms with van der Waals surface area (Å²) in [5.41, 5.74) is 3.55. The zero-order valence-electron chi connectivity index (χ0n) is 18.2. The lowest BCUT2D eigenvalue weighted by molar-refractivity contribution is 0.520. The van der Waals surface area contributed by atoms with Crippen LogP contribution in [0.15, 0.2) is 36.9 Å². The molecule has 1 saturated heterocycles. The second-order valence-corrected chi connectivity index (χ2v) is 7.86. The molecule has 0 radical (unpaired) electrons. The zero-order valence-corrected chi connectivity index (χ0v) is 18.2. The molecule has 0 aliphatic carbocycles. The number of aromatic amines is 1. The predicted octanol–water partition coefficient (Wildman–Crippen LogP) is 3.05.